The van der Waals surface area contributed by atoms with Crippen LogP contribution in [0.15, 0.2) is 133 Å². The van der Waals surface area contributed by atoms with E-state index in [4.69, 9.17) is 0 Å². The Morgan fingerprint density at radius 1 is 0.431 bits per heavy atom. The van der Waals surface area contributed by atoms with Gasteiger partial charge in [0.1, 0.15) is 0 Å². The Kier molecular flexibility index (Phi) is 6.03. The van der Waals surface area contributed by atoms with Crippen molar-refractivity contribution < 1.29 is 0 Å². The molecule has 10 rings (SSSR count). The van der Waals surface area contributed by atoms with Crippen molar-refractivity contribution in [3.05, 3.63) is 161 Å². The maximum Gasteiger partial charge on any atom is 0.0468 e. The lowest BCUT2D eigenvalue weighted by atomic mass is 9.80. The molecule has 0 aromatic heterocycles. The van der Waals surface area contributed by atoms with Crippen molar-refractivity contribution in [1.29, 1.82) is 0 Å². The number of rotatable bonds is 3. The first-order chi connectivity index (χ1) is 24.4. The smallest absolute Gasteiger partial charge is 0.0468 e. The molecule has 0 radical (unpaired) electrons. The fraction of sp³-hybridized carbons (Fsp3) is 0.200. The molecule has 248 valence electrons. The van der Waals surface area contributed by atoms with Gasteiger partial charge in [-0.15, -0.1) is 0 Å². The standard InChI is InChI=1S/C50H43N/c1-48(2,3)33-18-20-34(21-19-33)51(35-23-26-42-40(28-35)37-13-8-9-14-41(37)49(42,4)5)36-22-25-38-43(29-36)50(6,7)44-27-32-16-15-30-11-10-12-31-17-24-39(47(38)44)46(32)45(30)31/h8-29H,1-7H3. The third-order valence-corrected chi connectivity index (χ3v) is 12.3. The summed E-state index contributed by atoms with van der Waals surface area (Å²) in [6, 6.07) is 51.0. The quantitative estimate of drug-likeness (QED) is 0.171. The van der Waals surface area contributed by atoms with Crippen LogP contribution in [-0.2, 0) is 16.2 Å². The molecule has 0 fully saturated rings. The summed E-state index contributed by atoms with van der Waals surface area (Å²) in [6.45, 7) is 16.4. The van der Waals surface area contributed by atoms with Crippen molar-refractivity contribution in [1.82, 2.24) is 0 Å². The van der Waals surface area contributed by atoms with Gasteiger partial charge in [0.15, 0.2) is 0 Å². The monoisotopic (exact) mass is 657 g/mol. The van der Waals surface area contributed by atoms with Crippen molar-refractivity contribution in [2.45, 2.75) is 64.7 Å². The van der Waals surface area contributed by atoms with Crippen molar-refractivity contribution in [2.75, 3.05) is 4.90 Å². The second-order valence-corrected chi connectivity index (χ2v) is 17.0. The van der Waals surface area contributed by atoms with Crippen molar-refractivity contribution in [3.8, 4) is 22.3 Å². The van der Waals surface area contributed by atoms with Crippen LogP contribution in [0.3, 0.4) is 0 Å². The number of hydrogen-bond donors (Lipinski definition) is 0. The van der Waals surface area contributed by atoms with Crippen LogP contribution in [0.2, 0.25) is 0 Å². The van der Waals surface area contributed by atoms with Crippen molar-refractivity contribution >= 4 is 49.4 Å². The maximum absolute atomic E-state index is 2.48. The van der Waals surface area contributed by atoms with E-state index in [1.807, 2.05) is 0 Å². The molecule has 0 N–H and O–H groups in total. The average Bonchev–Trinajstić information content (AvgIpc) is 3.49. The predicted molar refractivity (Wildman–Crippen MR) is 219 cm³/mol. The zero-order valence-corrected chi connectivity index (χ0v) is 30.6. The van der Waals surface area contributed by atoms with Crippen LogP contribution < -0.4 is 4.90 Å². The Hall–Kier alpha value is -5.40. The van der Waals surface area contributed by atoms with E-state index < -0.39 is 0 Å². The van der Waals surface area contributed by atoms with Crippen molar-refractivity contribution in [2.24, 2.45) is 0 Å². The Labute approximate surface area is 301 Å². The summed E-state index contributed by atoms with van der Waals surface area (Å²) < 4.78 is 0. The van der Waals surface area contributed by atoms with Crippen LogP contribution in [0.1, 0.15) is 76.3 Å². The molecule has 0 aliphatic heterocycles. The van der Waals surface area contributed by atoms with Gasteiger partial charge in [0.2, 0.25) is 0 Å². The summed E-state index contributed by atoms with van der Waals surface area (Å²) in [4.78, 5) is 2.47. The molecule has 8 aromatic carbocycles. The molecule has 0 saturated heterocycles. The first-order valence-electron chi connectivity index (χ1n) is 18.4. The molecule has 51 heavy (non-hydrogen) atoms. The highest BCUT2D eigenvalue weighted by Crippen LogP contribution is 2.56. The van der Waals surface area contributed by atoms with Crippen LogP contribution in [0.4, 0.5) is 17.1 Å². The highest BCUT2D eigenvalue weighted by molar-refractivity contribution is 6.26. The molecule has 0 atom stereocenters. The minimum Gasteiger partial charge on any atom is -0.310 e. The zero-order valence-electron chi connectivity index (χ0n) is 30.6. The van der Waals surface area contributed by atoms with Gasteiger partial charge in [0.05, 0.1) is 0 Å². The van der Waals surface area contributed by atoms with Gasteiger partial charge in [0, 0.05) is 27.9 Å². The van der Waals surface area contributed by atoms with Crippen LogP contribution in [0.5, 0.6) is 0 Å². The first kappa shape index (κ1) is 30.4. The highest BCUT2D eigenvalue weighted by Gasteiger charge is 2.39. The van der Waals surface area contributed by atoms with Crippen molar-refractivity contribution in [3.63, 3.8) is 0 Å². The number of anilines is 3. The van der Waals surface area contributed by atoms with E-state index in [1.54, 1.807) is 0 Å². The Morgan fingerprint density at radius 2 is 1.06 bits per heavy atom. The lowest BCUT2D eigenvalue weighted by Gasteiger charge is -2.30. The number of benzene rings is 8. The van der Waals surface area contributed by atoms with E-state index in [1.165, 1.54) is 99.5 Å². The molecule has 8 aromatic rings. The third kappa shape index (κ3) is 4.15. The fourth-order valence-corrected chi connectivity index (χ4v) is 9.55. The normalized spacial score (nSPS) is 15.3. The minimum absolute atomic E-state index is 0.0304. The lowest BCUT2D eigenvalue weighted by molar-refractivity contribution is 0.590. The van der Waals surface area contributed by atoms with E-state index in [2.05, 4.69) is 187 Å². The van der Waals surface area contributed by atoms with Gasteiger partial charge < -0.3 is 4.90 Å². The number of nitrogens with zero attached hydrogens (tertiary/aromatic N) is 1. The summed E-state index contributed by atoms with van der Waals surface area (Å²) in [5, 5.41) is 8.08. The highest BCUT2D eigenvalue weighted by atomic mass is 15.1. The third-order valence-electron chi connectivity index (χ3n) is 12.3. The molecule has 0 bridgehead atoms. The fourth-order valence-electron chi connectivity index (χ4n) is 9.55. The molecule has 0 heterocycles. The van der Waals surface area contributed by atoms with Gasteiger partial charge in [-0.25, -0.2) is 0 Å². The van der Waals surface area contributed by atoms with Gasteiger partial charge in [-0.05, 0) is 130 Å². The molecule has 1 heteroatoms. The molecule has 2 aliphatic carbocycles. The van der Waals surface area contributed by atoms with Gasteiger partial charge >= 0.3 is 0 Å². The molecular formula is C50H43N. The summed E-state index contributed by atoms with van der Waals surface area (Å²) >= 11 is 0. The van der Waals surface area contributed by atoms with Gasteiger partial charge in [0.25, 0.3) is 0 Å². The molecule has 0 unspecified atom stereocenters. The molecule has 0 amide bonds. The van der Waals surface area contributed by atoms with Crippen LogP contribution in [-0.4, -0.2) is 0 Å². The second-order valence-electron chi connectivity index (χ2n) is 17.0. The maximum atomic E-state index is 2.48. The molecule has 0 spiro atoms. The largest absolute Gasteiger partial charge is 0.310 e. The number of hydrogen-bond acceptors (Lipinski definition) is 1. The van der Waals surface area contributed by atoms with Gasteiger partial charge in [-0.1, -0.05) is 139 Å². The summed E-state index contributed by atoms with van der Waals surface area (Å²) in [6.07, 6.45) is 0. The lowest BCUT2D eigenvalue weighted by Crippen LogP contribution is -2.17. The number of fused-ring (bicyclic) bond motifs is 7. The molecule has 1 nitrogen and oxygen atoms in total. The molecular weight excluding hydrogens is 615 g/mol. The summed E-state index contributed by atoms with van der Waals surface area (Å²) in [5.74, 6) is 0. The van der Waals surface area contributed by atoms with E-state index in [0.717, 1.165) is 0 Å². The van der Waals surface area contributed by atoms with E-state index in [0.29, 0.717) is 0 Å². The Bertz CT molecular complexity index is 2700. The SMILES string of the molecule is CC(C)(C)c1ccc(N(c2ccc3c(c2)-c2ccccc2C3(C)C)c2ccc3c(c2)C(C)(C)c2cc4ccc5cccc6ccc(c2-3)c4c56)cc1. The summed E-state index contributed by atoms with van der Waals surface area (Å²) in [7, 11) is 0. The second kappa shape index (κ2) is 10.1. The van der Waals surface area contributed by atoms with Gasteiger partial charge in [-0.2, -0.15) is 0 Å². The van der Waals surface area contributed by atoms with E-state index in [9.17, 15) is 0 Å². The predicted octanol–water partition coefficient (Wildman–Crippen LogP) is 14.0. The Balaban J connectivity index is 1.19. The minimum atomic E-state index is -0.159. The molecule has 2 aliphatic rings. The van der Waals surface area contributed by atoms with E-state index >= 15 is 0 Å². The average molecular weight is 658 g/mol. The zero-order chi connectivity index (χ0) is 35.0. The van der Waals surface area contributed by atoms with Gasteiger partial charge in [-0.3, -0.25) is 0 Å². The molecule has 0 saturated carbocycles. The summed E-state index contributed by atoms with van der Waals surface area (Å²) in [5.41, 5.74) is 15.8. The van der Waals surface area contributed by atoms with Crippen LogP contribution in [0.25, 0.3) is 54.6 Å². The Morgan fingerprint density at radius 3 is 1.82 bits per heavy atom. The van der Waals surface area contributed by atoms with Crippen LogP contribution >= 0.6 is 0 Å². The topological polar surface area (TPSA) is 3.24 Å². The first-order valence-corrected chi connectivity index (χ1v) is 18.4. The van der Waals surface area contributed by atoms with Crippen LogP contribution in [0, 0.1) is 0 Å². The van der Waals surface area contributed by atoms with E-state index in [-0.39, 0.29) is 16.2 Å².